The second-order valence-corrected chi connectivity index (χ2v) is 10.00. The van der Waals surface area contributed by atoms with E-state index in [0.717, 1.165) is 5.69 Å². The molecule has 2 heterocycles. The van der Waals surface area contributed by atoms with E-state index in [1.807, 2.05) is 6.07 Å². The molecule has 190 valence electrons. The molecule has 4 rings (SSSR count). The zero-order chi connectivity index (χ0) is 27.3. The minimum absolute atomic E-state index is 0.0877. The van der Waals surface area contributed by atoms with Gasteiger partial charge < -0.3 is 14.9 Å². The second kappa shape index (κ2) is 11.0. The van der Waals surface area contributed by atoms with Gasteiger partial charge in [0.2, 0.25) is 10.0 Å². The first-order chi connectivity index (χ1) is 17.5. The van der Waals surface area contributed by atoms with Crippen LogP contribution >= 0.6 is 0 Å². The monoisotopic (exact) mass is 522 g/mol. The van der Waals surface area contributed by atoms with E-state index in [0.29, 0.717) is 28.2 Å². The molecule has 0 radical (unpaired) electrons. The Hall–Kier alpha value is -4.61. The van der Waals surface area contributed by atoms with Crippen molar-refractivity contribution in [2.45, 2.75) is 6.92 Å². The van der Waals surface area contributed by atoms with Crippen LogP contribution in [0.15, 0.2) is 60.7 Å². The van der Waals surface area contributed by atoms with Crippen molar-refractivity contribution in [1.82, 2.24) is 9.13 Å². The Kier molecular flexibility index (Phi) is 8.01. The number of hydrogen-bond donors (Lipinski definition) is 2. The molecule has 4 aromatic rings. The molecule has 3 N–H and O–H groups in total. The number of nitrogen functional groups attached to an aromatic ring is 1. The van der Waals surface area contributed by atoms with Crippen molar-refractivity contribution in [3.8, 4) is 34.7 Å². The highest BCUT2D eigenvalue weighted by atomic mass is 32.2. The van der Waals surface area contributed by atoms with Crippen molar-refractivity contribution >= 4 is 21.4 Å². The quantitative estimate of drug-likeness (QED) is 0.366. The van der Waals surface area contributed by atoms with Crippen LogP contribution in [0.3, 0.4) is 0 Å². The minimum Gasteiger partial charge on any atom is -0.396 e. The number of rotatable bonds is 5. The topological polar surface area (TPSA) is 130 Å². The number of aromatic nitrogens is 2. The largest absolute Gasteiger partial charge is 0.396 e. The number of nitrogens with one attached hydrogen (secondary N) is 1. The first-order valence-corrected chi connectivity index (χ1v) is 12.6. The van der Waals surface area contributed by atoms with Crippen molar-refractivity contribution in [2.75, 3.05) is 16.2 Å². The van der Waals surface area contributed by atoms with Crippen LogP contribution in [0.2, 0.25) is 0 Å². The Labute approximate surface area is 213 Å². The number of benzene rings is 2. The lowest BCUT2D eigenvalue weighted by atomic mass is 10.1. The summed E-state index contributed by atoms with van der Waals surface area (Å²) in [5.74, 6) is -1.24. The van der Waals surface area contributed by atoms with E-state index < -0.39 is 21.7 Å². The lowest BCUT2D eigenvalue weighted by Gasteiger charge is -2.09. The first kappa shape index (κ1) is 27.0. The van der Waals surface area contributed by atoms with Gasteiger partial charge in [-0.15, -0.1) is 0 Å². The summed E-state index contributed by atoms with van der Waals surface area (Å²) in [6.45, 7) is 1.47. The third kappa shape index (κ3) is 5.97. The third-order valence-electron chi connectivity index (χ3n) is 5.68. The van der Waals surface area contributed by atoms with Gasteiger partial charge in [-0.25, -0.2) is 17.2 Å². The van der Waals surface area contributed by atoms with E-state index >= 15 is 0 Å². The molecule has 0 bridgehead atoms. The summed E-state index contributed by atoms with van der Waals surface area (Å²) in [4.78, 5) is 0. The van der Waals surface area contributed by atoms with Gasteiger partial charge in [-0.2, -0.15) is 10.5 Å². The fourth-order valence-electron chi connectivity index (χ4n) is 3.51. The van der Waals surface area contributed by atoms with E-state index in [9.17, 15) is 17.2 Å². The predicted octanol–water partition coefficient (Wildman–Crippen LogP) is 4.75. The summed E-state index contributed by atoms with van der Waals surface area (Å²) >= 11 is 0. The molecule has 0 saturated carbocycles. The van der Waals surface area contributed by atoms with Crippen LogP contribution in [-0.4, -0.2) is 23.3 Å². The van der Waals surface area contributed by atoms with Gasteiger partial charge in [-0.1, -0.05) is 12.1 Å². The highest BCUT2D eigenvalue weighted by molar-refractivity contribution is 7.92. The summed E-state index contributed by atoms with van der Waals surface area (Å²) in [7, 11) is -0.0449. The van der Waals surface area contributed by atoms with Gasteiger partial charge in [0.1, 0.15) is 35.2 Å². The van der Waals surface area contributed by atoms with Crippen molar-refractivity contribution in [1.29, 1.82) is 10.5 Å². The molecule has 0 atom stereocenters. The number of halogens is 2. The smallest absolute Gasteiger partial charge is 0.232 e. The molecule has 0 saturated heterocycles. The van der Waals surface area contributed by atoms with Gasteiger partial charge in [0.15, 0.2) is 0 Å². The number of nitrogens with two attached hydrogens (primary N) is 1. The molecule has 0 aliphatic carbocycles. The molecule has 0 amide bonds. The Morgan fingerprint density at radius 2 is 1.32 bits per heavy atom. The van der Waals surface area contributed by atoms with E-state index in [1.54, 1.807) is 59.6 Å². The molecule has 0 unspecified atom stereocenters. The maximum atomic E-state index is 14.0. The molecule has 2 aromatic carbocycles. The lowest BCUT2D eigenvalue weighted by Crippen LogP contribution is -2.15. The van der Waals surface area contributed by atoms with Crippen LogP contribution in [0, 0.1) is 34.3 Å². The maximum Gasteiger partial charge on any atom is 0.232 e. The van der Waals surface area contributed by atoms with E-state index in [4.69, 9.17) is 16.3 Å². The molecule has 11 heteroatoms. The summed E-state index contributed by atoms with van der Waals surface area (Å²) in [6.07, 6.45) is 0. The fraction of sp³-hybridized carbons (Fsp3) is 0.154. The summed E-state index contributed by atoms with van der Waals surface area (Å²) < 4.78 is 55.8. The molecular formula is C26H24F2N6O2S. The first-order valence-electron chi connectivity index (χ1n) is 11.0. The second-order valence-electron chi connectivity index (χ2n) is 7.99. The zero-order valence-electron chi connectivity index (χ0n) is 20.3. The van der Waals surface area contributed by atoms with Crippen molar-refractivity contribution in [3.05, 3.63) is 83.7 Å². The third-order valence-corrected chi connectivity index (χ3v) is 6.97. The zero-order valence-corrected chi connectivity index (χ0v) is 21.1. The van der Waals surface area contributed by atoms with E-state index in [1.165, 1.54) is 31.2 Å². The number of nitrogens with zero attached hydrogens (tertiary/aromatic N) is 4. The van der Waals surface area contributed by atoms with Gasteiger partial charge in [-0.05, 0) is 55.5 Å². The number of sulfonamides is 1. The minimum atomic E-state index is -3.52. The lowest BCUT2D eigenvalue weighted by molar-refractivity contribution is 0.599. The van der Waals surface area contributed by atoms with Crippen molar-refractivity contribution in [2.24, 2.45) is 14.1 Å². The predicted molar refractivity (Wildman–Crippen MR) is 139 cm³/mol. The van der Waals surface area contributed by atoms with Gasteiger partial charge in [0.05, 0.1) is 17.1 Å². The van der Waals surface area contributed by atoms with Gasteiger partial charge in [0, 0.05) is 36.6 Å². The molecular weight excluding hydrogens is 498 g/mol. The van der Waals surface area contributed by atoms with E-state index in [2.05, 4.69) is 10.8 Å². The number of hydrogen-bond acceptors (Lipinski definition) is 5. The average molecular weight is 523 g/mol. The summed E-state index contributed by atoms with van der Waals surface area (Å²) in [6, 6.07) is 19.7. The molecule has 8 nitrogen and oxygen atoms in total. The molecule has 0 fully saturated rings. The van der Waals surface area contributed by atoms with Crippen LogP contribution in [0.4, 0.5) is 20.2 Å². The Morgan fingerprint density at radius 3 is 1.73 bits per heavy atom. The van der Waals surface area contributed by atoms with Gasteiger partial charge >= 0.3 is 0 Å². The van der Waals surface area contributed by atoms with Gasteiger partial charge in [-0.3, -0.25) is 4.72 Å². The van der Waals surface area contributed by atoms with Crippen LogP contribution in [0.5, 0.6) is 0 Å². The maximum absolute atomic E-state index is 14.0. The Bertz CT molecular complexity index is 1640. The van der Waals surface area contributed by atoms with Crippen molar-refractivity contribution in [3.63, 3.8) is 0 Å². The number of anilines is 2. The highest BCUT2D eigenvalue weighted by Crippen LogP contribution is 2.26. The van der Waals surface area contributed by atoms with Crippen LogP contribution in [0.1, 0.15) is 18.3 Å². The summed E-state index contributed by atoms with van der Waals surface area (Å²) in [5, 5.41) is 17.7. The number of nitriles is 2. The highest BCUT2D eigenvalue weighted by Gasteiger charge is 2.13. The summed E-state index contributed by atoms with van der Waals surface area (Å²) in [5.41, 5.74) is 9.17. The van der Waals surface area contributed by atoms with Crippen LogP contribution in [0.25, 0.3) is 22.5 Å². The molecule has 0 aliphatic rings. The van der Waals surface area contributed by atoms with Crippen LogP contribution < -0.4 is 10.5 Å². The molecule has 2 aromatic heterocycles. The Morgan fingerprint density at radius 1 is 0.838 bits per heavy atom. The standard InChI is InChI=1S/C14H14FN3O2S.C12H10FN3/c1-3-21(19,20)17-13-6-4-10(8-12(13)15)14-7-5-11(9-16)18(14)2;1-16-9(7-14)3-5-12(16)8-2-4-11(15)10(13)6-8/h4-8,17H,3H2,1-2H3;2-6H,15H2,1H3. The SMILES string of the molecule is CCS(=O)(=O)Nc1ccc(-c2ccc(C#N)n2C)cc1F.Cn1c(C#N)ccc1-c1ccc(N)c(F)c1. The normalized spacial score (nSPS) is 10.7. The van der Waals surface area contributed by atoms with Crippen molar-refractivity contribution < 1.29 is 17.2 Å². The van der Waals surface area contributed by atoms with Crippen LogP contribution in [-0.2, 0) is 24.1 Å². The molecule has 0 aliphatic heterocycles. The molecule has 0 spiro atoms. The molecule has 37 heavy (non-hydrogen) atoms. The van der Waals surface area contributed by atoms with Gasteiger partial charge in [0.25, 0.3) is 0 Å². The Balaban J connectivity index is 0.000000213. The average Bonchev–Trinajstić information content (AvgIpc) is 3.44. The van der Waals surface area contributed by atoms with E-state index in [-0.39, 0.29) is 17.1 Å². The fourth-order valence-corrected chi connectivity index (χ4v) is 4.16.